The molecule has 8 heteroatoms. The SMILES string of the molecule is Cc1nn(-c2ncc(F)cn2)cc1C(=O)NCC(CC(C)C)c1ccc(Cl)cc1. The van der Waals surface area contributed by atoms with Crippen molar-refractivity contribution in [2.24, 2.45) is 5.92 Å². The van der Waals surface area contributed by atoms with Gasteiger partial charge in [-0.15, -0.1) is 0 Å². The van der Waals surface area contributed by atoms with Crippen molar-refractivity contribution in [2.45, 2.75) is 33.1 Å². The third-order valence-electron chi connectivity index (χ3n) is 4.56. The van der Waals surface area contributed by atoms with Crippen LogP contribution in [-0.4, -0.2) is 32.2 Å². The molecule has 6 nitrogen and oxygen atoms in total. The molecule has 152 valence electrons. The molecule has 3 aromatic rings. The number of aromatic nitrogens is 4. The number of nitrogens with zero attached hydrogens (tertiary/aromatic N) is 4. The number of halogens is 2. The summed E-state index contributed by atoms with van der Waals surface area (Å²) in [6.45, 7) is 6.54. The Balaban J connectivity index is 1.73. The fraction of sp³-hybridized carbons (Fsp3) is 0.333. The van der Waals surface area contributed by atoms with E-state index in [-0.39, 0.29) is 17.8 Å². The summed E-state index contributed by atoms with van der Waals surface area (Å²) in [4.78, 5) is 20.5. The van der Waals surface area contributed by atoms with Crippen LogP contribution in [0.5, 0.6) is 0 Å². The van der Waals surface area contributed by atoms with E-state index in [1.165, 1.54) is 4.68 Å². The van der Waals surface area contributed by atoms with Crippen LogP contribution in [0.2, 0.25) is 5.02 Å². The second-order valence-corrected chi connectivity index (χ2v) is 7.80. The van der Waals surface area contributed by atoms with Crippen LogP contribution in [0, 0.1) is 18.7 Å². The van der Waals surface area contributed by atoms with E-state index in [0.717, 1.165) is 24.4 Å². The third-order valence-corrected chi connectivity index (χ3v) is 4.81. The van der Waals surface area contributed by atoms with E-state index in [4.69, 9.17) is 11.6 Å². The van der Waals surface area contributed by atoms with Crippen molar-refractivity contribution < 1.29 is 9.18 Å². The van der Waals surface area contributed by atoms with Crippen LogP contribution in [-0.2, 0) is 0 Å². The Labute approximate surface area is 174 Å². The molecule has 2 heterocycles. The molecule has 0 bridgehead atoms. The normalized spacial score (nSPS) is 12.2. The van der Waals surface area contributed by atoms with E-state index >= 15 is 0 Å². The smallest absolute Gasteiger partial charge is 0.254 e. The lowest BCUT2D eigenvalue weighted by Gasteiger charge is -2.20. The zero-order valence-corrected chi connectivity index (χ0v) is 17.3. The average molecular weight is 416 g/mol. The molecular weight excluding hydrogens is 393 g/mol. The van der Waals surface area contributed by atoms with Crippen molar-refractivity contribution in [1.29, 1.82) is 0 Å². The van der Waals surface area contributed by atoms with Crippen molar-refractivity contribution in [3.05, 3.63) is 70.5 Å². The van der Waals surface area contributed by atoms with E-state index in [2.05, 4.69) is 34.2 Å². The molecule has 0 aliphatic heterocycles. The van der Waals surface area contributed by atoms with Gasteiger partial charge in [0.05, 0.1) is 23.7 Å². The molecule has 1 amide bonds. The van der Waals surface area contributed by atoms with Gasteiger partial charge in [-0.05, 0) is 37.0 Å². The van der Waals surface area contributed by atoms with E-state index < -0.39 is 5.82 Å². The van der Waals surface area contributed by atoms with E-state index in [1.54, 1.807) is 13.1 Å². The second kappa shape index (κ2) is 9.13. The lowest BCUT2D eigenvalue weighted by Crippen LogP contribution is -2.29. The zero-order chi connectivity index (χ0) is 21.0. The second-order valence-electron chi connectivity index (χ2n) is 7.36. The lowest BCUT2D eigenvalue weighted by molar-refractivity contribution is 0.0949. The summed E-state index contributed by atoms with van der Waals surface area (Å²) in [7, 11) is 0. The van der Waals surface area contributed by atoms with Gasteiger partial charge in [-0.25, -0.2) is 19.0 Å². The first-order valence-corrected chi connectivity index (χ1v) is 9.79. The minimum Gasteiger partial charge on any atom is -0.351 e. The predicted octanol–water partition coefficient (Wildman–Crippen LogP) is 4.32. The van der Waals surface area contributed by atoms with Gasteiger partial charge in [-0.3, -0.25) is 4.79 Å². The van der Waals surface area contributed by atoms with Crippen molar-refractivity contribution >= 4 is 17.5 Å². The van der Waals surface area contributed by atoms with Gasteiger partial charge < -0.3 is 5.32 Å². The first-order chi connectivity index (χ1) is 13.8. The fourth-order valence-corrected chi connectivity index (χ4v) is 3.29. The molecule has 0 saturated carbocycles. The van der Waals surface area contributed by atoms with Crippen LogP contribution < -0.4 is 5.32 Å². The minimum atomic E-state index is -0.533. The number of aryl methyl sites for hydroxylation is 1. The predicted molar refractivity (Wildman–Crippen MR) is 110 cm³/mol. The number of nitrogens with one attached hydrogen (secondary N) is 1. The molecule has 29 heavy (non-hydrogen) atoms. The van der Waals surface area contributed by atoms with Crippen LogP contribution in [0.3, 0.4) is 0 Å². The summed E-state index contributed by atoms with van der Waals surface area (Å²) in [5.74, 6) is 0.0969. The van der Waals surface area contributed by atoms with Crippen LogP contribution >= 0.6 is 11.6 Å². The first kappa shape index (κ1) is 20.9. The highest BCUT2D eigenvalue weighted by Gasteiger charge is 2.19. The van der Waals surface area contributed by atoms with Crippen molar-refractivity contribution in [2.75, 3.05) is 6.54 Å². The molecule has 1 N–H and O–H groups in total. The molecule has 1 unspecified atom stereocenters. The van der Waals surface area contributed by atoms with Crippen molar-refractivity contribution in [1.82, 2.24) is 25.1 Å². The number of amides is 1. The monoisotopic (exact) mass is 415 g/mol. The Bertz CT molecular complexity index is 970. The van der Waals surface area contributed by atoms with Crippen molar-refractivity contribution in [3.63, 3.8) is 0 Å². The highest BCUT2D eigenvalue weighted by atomic mass is 35.5. The van der Waals surface area contributed by atoms with Crippen LogP contribution in [0.1, 0.15) is 47.8 Å². The standard InChI is InChI=1S/C21H23ClFN5O/c1-13(2)8-16(15-4-6-17(22)7-5-15)9-24-20(29)19-12-28(27-14(19)3)21-25-10-18(23)11-26-21/h4-7,10-13,16H,8-9H2,1-3H3,(H,24,29). The number of benzene rings is 1. The number of carbonyl (C=O) groups is 1. The number of rotatable bonds is 7. The third kappa shape index (κ3) is 5.38. The molecule has 2 aromatic heterocycles. The molecule has 0 aliphatic carbocycles. The average Bonchev–Trinajstić information content (AvgIpc) is 3.07. The Morgan fingerprint density at radius 2 is 1.86 bits per heavy atom. The molecule has 1 atom stereocenters. The van der Waals surface area contributed by atoms with Gasteiger partial charge in [-0.2, -0.15) is 5.10 Å². The summed E-state index contributed by atoms with van der Waals surface area (Å²) < 4.78 is 14.4. The number of hydrogen-bond donors (Lipinski definition) is 1. The number of hydrogen-bond acceptors (Lipinski definition) is 4. The van der Waals surface area contributed by atoms with Crippen molar-refractivity contribution in [3.8, 4) is 5.95 Å². The summed E-state index contributed by atoms with van der Waals surface area (Å²) in [6, 6.07) is 7.72. The molecule has 0 radical (unpaired) electrons. The molecule has 0 fully saturated rings. The molecule has 0 aliphatic rings. The fourth-order valence-electron chi connectivity index (χ4n) is 3.16. The summed E-state index contributed by atoms with van der Waals surface area (Å²) in [5, 5.41) is 7.96. The Morgan fingerprint density at radius 1 is 1.21 bits per heavy atom. The van der Waals surface area contributed by atoms with Gasteiger partial charge in [0.25, 0.3) is 11.9 Å². The largest absolute Gasteiger partial charge is 0.351 e. The maximum absolute atomic E-state index is 13.0. The van der Waals surface area contributed by atoms with E-state index in [1.807, 2.05) is 24.3 Å². The molecular formula is C21H23ClFN5O. The van der Waals surface area contributed by atoms with Gasteiger partial charge >= 0.3 is 0 Å². The Hall–Kier alpha value is -2.80. The van der Waals surface area contributed by atoms with E-state index in [9.17, 15) is 9.18 Å². The number of carbonyl (C=O) groups excluding carboxylic acids is 1. The van der Waals surface area contributed by atoms with E-state index in [0.29, 0.717) is 28.7 Å². The maximum atomic E-state index is 13.0. The molecule has 1 aromatic carbocycles. The lowest BCUT2D eigenvalue weighted by atomic mass is 9.90. The molecule has 3 rings (SSSR count). The first-order valence-electron chi connectivity index (χ1n) is 9.41. The topological polar surface area (TPSA) is 72.7 Å². The molecule has 0 spiro atoms. The summed E-state index contributed by atoms with van der Waals surface area (Å²) in [5.41, 5.74) is 2.11. The summed E-state index contributed by atoms with van der Waals surface area (Å²) >= 11 is 6.00. The molecule has 0 saturated heterocycles. The van der Waals surface area contributed by atoms with Crippen LogP contribution in [0.25, 0.3) is 5.95 Å². The van der Waals surface area contributed by atoms with Gasteiger partial charge in [0.15, 0.2) is 5.82 Å². The highest BCUT2D eigenvalue weighted by molar-refractivity contribution is 6.30. The van der Waals surface area contributed by atoms with Gasteiger partial charge in [-0.1, -0.05) is 37.6 Å². The van der Waals surface area contributed by atoms with Gasteiger partial charge in [0.2, 0.25) is 0 Å². The Morgan fingerprint density at radius 3 is 2.48 bits per heavy atom. The van der Waals surface area contributed by atoms with Crippen LogP contribution in [0.15, 0.2) is 42.9 Å². The Kier molecular flexibility index (Phi) is 6.59. The van der Waals surface area contributed by atoms with Gasteiger partial charge in [0, 0.05) is 23.7 Å². The summed E-state index contributed by atoms with van der Waals surface area (Å²) in [6.07, 6.45) is 4.60. The minimum absolute atomic E-state index is 0.173. The zero-order valence-electron chi connectivity index (χ0n) is 16.6. The van der Waals surface area contributed by atoms with Gasteiger partial charge in [0.1, 0.15) is 0 Å². The quantitative estimate of drug-likeness (QED) is 0.623. The maximum Gasteiger partial charge on any atom is 0.254 e. The highest BCUT2D eigenvalue weighted by Crippen LogP contribution is 2.25. The van der Waals surface area contributed by atoms with Crippen LogP contribution in [0.4, 0.5) is 4.39 Å².